The van der Waals surface area contributed by atoms with E-state index in [-0.39, 0.29) is 17.8 Å². The van der Waals surface area contributed by atoms with Gasteiger partial charge in [-0.25, -0.2) is 4.79 Å². The van der Waals surface area contributed by atoms with E-state index in [1.807, 2.05) is 12.1 Å². The normalized spacial score (nSPS) is 22.2. The molecule has 0 aromatic heterocycles. The molecule has 1 saturated carbocycles. The van der Waals surface area contributed by atoms with Crippen molar-refractivity contribution < 1.29 is 14.3 Å². The second-order valence-corrected chi connectivity index (χ2v) is 6.52. The molecule has 1 aromatic rings. The van der Waals surface area contributed by atoms with E-state index >= 15 is 0 Å². The molecule has 1 unspecified atom stereocenters. The lowest BCUT2D eigenvalue weighted by Crippen LogP contribution is -2.43. The van der Waals surface area contributed by atoms with Crippen molar-refractivity contribution >= 4 is 23.5 Å². The van der Waals surface area contributed by atoms with Gasteiger partial charge in [0.05, 0.1) is 6.61 Å². The Hall–Kier alpha value is -1.55. The predicted octanol–water partition coefficient (Wildman–Crippen LogP) is 3.68. The quantitative estimate of drug-likeness (QED) is 0.834. The minimum atomic E-state index is -0.587. The molecule has 1 aliphatic carbocycles. The summed E-state index contributed by atoms with van der Waals surface area (Å²) in [5, 5.41) is 3.51. The lowest BCUT2D eigenvalue weighted by atomic mass is 9.78. The van der Waals surface area contributed by atoms with Gasteiger partial charge in [0.25, 0.3) is 0 Å². The maximum Gasteiger partial charge on any atom is 0.328 e. The first-order valence-corrected chi connectivity index (χ1v) is 8.61. The summed E-state index contributed by atoms with van der Waals surface area (Å²) in [5.74, 6) is 0.0463. The Morgan fingerprint density at radius 1 is 1.22 bits per heavy atom. The van der Waals surface area contributed by atoms with Crippen molar-refractivity contribution in [3.8, 4) is 0 Å². The zero-order chi connectivity index (χ0) is 16.8. The first-order chi connectivity index (χ1) is 11.0. The molecule has 5 heteroatoms. The van der Waals surface area contributed by atoms with E-state index in [2.05, 4.69) is 17.4 Å². The lowest BCUT2D eigenvalue weighted by Gasteiger charge is -2.28. The third kappa shape index (κ3) is 4.96. The SMILES string of the molecule is CCOC(=O)C(C)NC(=O)C1CCC(c2ccc(Cl)cc2)CC1. The molecule has 2 rings (SSSR count). The van der Waals surface area contributed by atoms with Crippen LogP contribution >= 0.6 is 11.6 Å². The Labute approximate surface area is 142 Å². The highest BCUT2D eigenvalue weighted by molar-refractivity contribution is 6.30. The molecule has 23 heavy (non-hydrogen) atoms. The van der Waals surface area contributed by atoms with Crippen molar-refractivity contribution in [2.45, 2.75) is 51.5 Å². The van der Waals surface area contributed by atoms with Gasteiger partial charge >= 0.3 is 5.97 Å². The van der Waals surface area contributed by atoms with Gasteiger partial charge in [-0.15, -0.1) is 0 Å². The predicted molar refractivity (Wildman–Crippen MR) is 90.4 cm³/mol. The zero-order valence-corrected chi connectivity index (χ0v) is 14.4. The number of rotatable bonds is 5. The largest absolute Gasteiger partial charge is 0.464 e. The summed E-state index contributed by atoms with van der Waals surface area (Å²) in [4.78, 5) is 23.8. The number of halogens is 1. The summed E-state index contributed by atoms with van der Waals surface area (Å²) in [5.41, 5.74) is 1.29. The fourth-order valence-electron chi connectivity index (χ4n) is 3.08. The Kier molecular flexibility index (Phi) is 6.46. The van der Waals surface area contributed by atoms with E-state index in [1.165, 1.54) is 5.56 Å². The first-order valence-electron chi connectivity index (χ1n) is 8.23. The molecule has 1 aromatic carbocycles. The number of nitrogens with one attached hydrogen (secondary N) is 1. The van der Waals surface area contributed by atoms with Crippen LogP contribution in [0.1, 0.15) is 51.0 Å². The van der Waals surface area contributed by atoms with Gasteiger partial charge < -0.3 is 10.1 Å². The summed E-state index contributed by atoms with van der Waals surface area (Å²) in [6.07, 6.45) is 3.64. The molecule has 126 valence electrons. The highest BCUT2D eigenvalue weighted by Gasteiger charge is 2.28. The minimum Gasteiger partial charge on any atom is -0.464 e. The van der Waals surface area contributed by atoms with Gasteiger partial charge in [0.2, 0.25) is 5.91 Å². The topological polar surface area (TPSA) is 55.4 Å². The Morgan fingerprint density at radius 3 is 2.39 bits per heavy atom. The van der Waals surface area contributed by atoms with Crippen molar-refractivity contribution in [1.82, 2.24) is 5.32 Å². The number of amides is 1. The van der Waals surface area contributed by atoms with E-state index in [1.54, 1.807) is 13.8 Å². The lowest BCUT2D eigenvalue weighted by molar-refractivity contribution is -0.147. The van der Waals surface area contributed by atoms with E-state index in [9.17, 15) is 9.59 Å². The number of hydrogen-bond donors (Lipinski definition) is 1. The van der Waals surface area contributed by atoms with Crippen LogP contribution < -0.4 is 5.32 Å². The molecule has 0 saturated heterocycles. The van der Waals surface area contributed by atoms with Crippen LogP contribution in [-0.4, -0.2) is 24.5 Å². The van der Waals surface area contributed by atoms with E-state index in [0.717, 1.165) is 30.7 Å². The zero-order valence-electron chi connectivity index (χ0n) is 13.7. The van der Waals surface area contributed by atoms with Crippen LogP contribution in [0.15, 0.2) is 24.3 Å². The molecule has 1 N–H and O–H groups in total. The van der Waals surface area contributed by atoms with Gasteiger partial charge in [-0.3, -0.25) is 4.79 Å². The fraction of sp³-hybridized carbons (Fsp3) is 0.556. The van der Waals surface area contributed by atoms with Crippen LogP contribution in [0.5, 0.6) is 0 Å². The van der Waals surface area contributed by atoms with E-state index in [0.29, 0.717) is 12.5 Å². The average molecular weight is 338 g/mol. The van der Waals surface area contributed by atoms with Crippen LogP contribution in [0.3, 0.4) is 0 Å². The number of benzene rings is 1. The van der Waals surface area contributed by atoms with Crippen molar-refractivity contribution in [3.05, 3.63) is 34.9 Å². The second kappa shape index (κ2) is 8.34. The number of ether oxygens (including phenoxy) is 1. The molecule has 0 heterocycles. The third-order valence-corrected chi connectivity index (χ3v) is 4.69. The molecule has 0 aliphatic heterocycles. The van der Waals surface area contributed by atoms with Crippen molar-refractivity contribution in [1.29, 1.82) is 0 Å². The van der Waals surface area contributed by atoms with Crippen molar-refractivity contribution in [3.63, 3.8) is 0 Å². The summed E-state index contributed by atoms with van der Waals surface area (Å²) < 4.78 is 4.91. The minimum absolute atomic E-state index is 0.0181. The molecule has 1 fully saturated rings. The maximum absolute atomic E-state index is 12.3. The van der Waals surface area contributed by atoms with Crippen LogP contribution in [0.25, 0.3) is 0 Å². The summed E-state index contributed by atoms with van der Waals surface area (Å²) in [6, 6.07) is 7.37. The Bertz CT molecular complexity index is 536. The van der Waals surface area contributed by atoms with Gasteiger partial charge in [0.15, 0.2) is 0 Å². The Morgan fingerprint density at radius 2 is 1.83 bits per heavy atom. The molecular weight excluding hydrogens is 314 g/mol. The van der Waals surface area contributed by atoms with Crippen LogP contribution in [-0.2, 0) is 14.3 Å². The van der Waals surface area contributed by atoms with Gasteiger partial charge in [-0.1, -0.05) is 23.7 Å². The van der Waals surface area contributed by atoms with E-state index < -0.39 is 6.04 Å². The summed E-state index contributed by atoms with van der Waals surface area (Å²) in [6.45, 7) is 3.74. The van der Waals surface area contributed by atoms with E-state index in [4.69, 9.17) is 16.3 Å². The van der Waals surface area contributed by atoms with Gasteiger partial charge in [-0.2, -0.15) is 0 Å². The Balaban J connectivity index is 1.82. The molecule has 1 amide bonds. The van der Waals surface area contributed by atoms with Crippen molar-refractivity contribution in [2.75, 3.05) is 6.61 Å². The fourth-order valence-corrected chi connectivity index (χ4v) is 3.21. The summed E-state index contributed by atoms with van der Waals surface area (Å²) >= 11 is 5.92. The molecule has 0 radical (unpaired) electrons. The van der Waals surface area contributed by atoms with Gasteiger partial charge in [-0.05, 0) is 63.1 Å². The van der Waals surface area contributed by atoms with Crippen LogP contribution in [0.4, 0.5) is 0 Å². The molecule has 1 atom stereocenters. The number of hydrogen-bond acceptors (Lipinski definition) is 3. The smallest absolute Gasteiger partial charge is 0.328 e. The molecule has 1 aliphatic rings. The monoisotopic (exact) mass is 337 g/mol. The maximum atomic E-state index is 12.3. The van der Waals surface area contributed by atoms with Crippen LogP contribution in [0.2, 0.25) is 5.02 Å². The molecular formula is C18H24ClNO3. The second-order valence-electron chi connectivity index (χ2n) is 6.08. The van der Waals surface area contributed by atoms with Gasteiger partial charge in [0.1, 0.15) is 6.04 Å². The highest BCUT2D eigenvalue weighted by atomic mass is 35.5. The summed E-state index contributed by atoms with van der Waals surface area (Å²) in [7, 11) is 0. The molecule has 4 nitrogen and oxygen atoms in total. The highest BCUT2D eigenvalue weighted by Crippen LogP contribution is 2.36. The molecule has 0 bridgehead atoms. The standard InChI is InChI=1S/C18H24ClNO3/c1-3-23-18(22)12(2)20-17(21)15-6-4-13(5-7-15)14-8-10-16(19)11-9-14/h8-13,15H,3-7H2,1-2H3,(H,20,21). The first kappa shape index (κ1) is 17.8. The van der Waals surface area contributed by atoms with Crippen molar-refractivity contribution in [2.24, 2.45) is 5.92 Å². The number of carbonyl (C=O) groups excluding carboxylic acids is 2. The number of carbonyl (C=O) groups is 2. The average Bonchev–Trinajstić information content (AvgIpc) is 2.56. The third-order valence-electron chi connectivity index (χ3n) is 4.44. The molecule has 0 spiro atoms. The number of esters is 1. The van der Waals surface area contributed by atoms with Crippen LogP contribution in [0, 0.1) is 5.92 Å². The van der Waals surface area contributed by atoms with Gasteiger partial charge in [0, 0.05) is 10.9 Å².